The molecule has 0 spiro atoms. The molecule has 0 aliphatic rings. The van der Waals surface area contributed by atoms with Crippen LogP contribution in [0.25, 0.3) is 5.69 Å². The summed E-state index contributed by atoms with van der Waals surface area (Å²) in [6, 6.07) is 3.54. The number of alkyl halides is 3. The van der Waals surface area contributed by atoms with E-state index in [2.05, 4.69) is 10.1 Å². The summed E-state index contributed by atoms with van der Waals surface area (Å²) in [7, 11) is 0. The maximum Gasteiger partial charge on any atom is 0.417 e. The van der Waals surface area contributed by atoms with E-state index in [1.54, 1.807) is 0 Å². The molecule has 1 aromatic carbocycles. The second-order valence-corrected chi connectivity index (χ2v) is 3.99. The van der Waals surface area contributed by atoms with Gasteiger partial charge in [0.15, 0.2) is 0 Å². The summed E-state index contributed by atoms with van der Waals surface area (Å²) in [5.74, 6) is 0. The van der Waals surface area contributed by atoms with Crippen molar-refractivity contribution >= 4 is 23.8 Å². The molecule has 17 heavy (non-hydrogen) atoms. The number of halogens is 4. The highest BCUT2D eigenvalue weighted by Gasteiger charge is 2.33. The average Bonchev–Trinajstić information content (AvgIpc) is 2.64. The zero-order valence-corrected chi connectivity index (χ0v) is 9.70. The van der Waals surface area contributed by atoms with Gasteiger partial charge in [-0.1, -0.05) is 11.6 Å². The van der Waals surface area contributed by atoms with Crippen LogP contribution in [0.4, 0.5) is 13.2 Å². The van der Waals surface area contributed by atoms with Gasteiger partial charge in [0.1, 0.15) is 6.33 Å². The summed E-state index contributed by atoms with van der Waals surface area (Å²) in [5.41, 5.74) is -0.644. The maximum absolute atomic E-state index is 12.6. The van der Waals surface area contributed by atoms with Crippen LogP contribution in [0, 0.1) is 4.77 Å². The number of nitrogens with one attached hydrogen (secondary N) is 1. The first kappa shape index (κ1) is 12.1. The van der Waals surface area contributed by atoms with Gasteiger partial charge in [-0.3, -0.25) is 5.10 Å². The first-order valence-electron chi connectivity index (χ1n) is 4.39. The molecule has 0 aliphatic heterocycles. The number of benzene rings is 1. The Morgan fingerprint density at radius 3 is 2.59 bits per heavy atom. The topological polar surface area (TPSA) is 33.6 Å². The molecule has 2 rings (SSSR count). The van der Waals surface area contributed by atoms with E-state index in [4.69, 9.17) is 23.8 Å². The van der Waals surface area contributed by atoms with E-state index in [0.29, 0.717) is 0 Å². The smallest absolute Gasteiger partial charge is 0.267 e. The minimum absolute atomic E-state index is 0.188. The second kappa shape index (κ2) is 4.15. The molecular weight excluding hydrogens is 275 g/mol. The number of hydrogen-bond donors (Lipinski definition) is 1. The molecule has 1 N–H and O–H groups in total. The zero-order valence-electron chi connectivity index (χ0n) is 8.12. The largest absolute Gasteiger partial charge is 0.417 e. The summed E-state index contributed by atoms with van der Waals surface area (Å²) in [4.78, 5) is 3.72. The molecule has 1 aromatic heterocycles. The first-order valence-corrected chi connectivity index (χ1v) is 5.17. The van der Waals surface area contributed by atoms with Crippen LogP contribution in [0.15, 0.2) is 24.5 Å². The van der Waals surface area contributed by atoms with Crippen LogP contribution in [0.3, 0.4) is 0 Å². The molecule has 8 heteroatoms. The highest BCUT2D eigenvalue weighted by Crippen LogP contribution is 2.35. The predicted octanol–water partition coefficient (Wildman–Crippen LogP) is 3.60. The average molecular weight is 280 g/mol. The molecule has 0 atom stereocenters. The van der Waals surface area contributed by atoms with E-state index in [1.165, 1.54) is 23.1 Å². The molecule has 0 fully saturated rings. The molecule has 0 saturated carbocycles. The van der Waals surface area contributed by atoms with Gasteiger partial charge in [0, 0.05) is 0 Å². The van der Waals surface area contributed by atoms with E-state index in [0.717, 1.165) is 6.07 Å². The minimum Gasteiger partial charge on any atom is -0.267 e. The highest BCUT2D eigenvalue weighted by molar-refractivity contribution is 7.71. The van der Waals surface area contributed by atoms with Gasteiger partial charge < -0.3 is 0 Å². The van der Waals surface area contributed by atoms with Gasteiger partial charge in [-0.2, -0.15) is 13.2 Å². The number of H-pyrrole nitrogens is 1. The molecule has 0 aliphatic carbocycles. The lowest BCUT2D eigenvalue weighted by atomic mass is 10.2. The van der Waals surface area contributed by atoms with E-state index in [9.17, 15) is 13.2 Å². The van der Waals surface area contributed by atoms with Gasteiger partial charge >= 0.3 is 6.18 Å². The van der Waals surface area contributed by atoms with E-state index in [1.807, 2.05) is 0 Å². The van der Waals surface area contributed by atoms with E-state index < -0.39 is 11.7 Å². The number of rotatable bonds is 1. The van der Waals surface area contributed by atoms with Crippen molar-refractivity contribution in [3.63, 3.8) is 0 Å². The monoisotopic (exact) mass is 279 g/mol. The van der Waals surface area contributed by atoms with Crippen LogP contribution in [-0.2, 0) is 6.18 Å². The lowest BCUT2D eigenvalue weighted by molar-refractivity contribution is -0.137. The summed E-state index contributed by atoms with van der Waals surface area (Å²) in [6.07, 6.45) is -3.20. The number of nitrogens with zero attached hydrogens (tertiary/aromatic N) is 2. The Labute approximate surface area is 104 Å². The lowest BCUT2D eigenvalue weighted by Gasteiger charge is -2.10. The summed E-state index contributed by atoms with van der Waals surface area (Å²) >= 11 is 10.2. The van der Waals surface area contributed by atoms with Crippen molar-refractivity contribution in [1.82, 2.24) is 14.8 Å². The van der Waals surface area contributed by atoms with Gasteiger partial charge in [0.05, 0.1) is 16.3 Å². The molecular formula is C9H5ClF3N3S. The third kappa shape index (κ3) is 2.50. The summed E-state index contributed by atoms with van der Waals surface area (Å²) < 4.78 is 39.3. The molecule has 0 saturated heterocycles. The van der Waals surface area contributed by atoms with E-state index >= 15 is 0 Å². The molecule has 90 valence electrons. The SMILES string of the molecule is FC(F)(F)c1cc(-n2cnc(=S)[nH]2)ccc1Cl. The van der Waals surface area contributed by atoms with Gasteiger partial charge in [0.2, 0.25) is 4.77 Å². The Morgan fingerprint density at radius 2 is 2.06 bits per heavy atom. The molecule has 3 nitrogen and oxygen atoms in total. The normalized spacial score (nSPS) is 11.8. The molecule has 1 heterocycles. The fourth-order valence-electron chi connectivity index (χ4n) is 1.28. The van der Waals surface area contributed by atoms with Crippen molar-refractivity contribution in [2.24, 2.45) is 0 Å². The van der Waals surface area contributed by atoms with Crippen molar-refractivity contribution in [2.75, 3.05) is 0 Å². The molecule has 0 radical (unpaired) electrons. The van der Waals surface area contributed by atoms with Crippen molar-refractivity contribution in [1.29, 1.82) is 0 Å². The standard InChI is InChI=1S/C9H5ClF3N3S/c10-7-2-1-5(3-6(7)9(11,12)13)16-4-14-8(17)15-16/h1-4H,(H,15,17). The summed E-state index contributed by atoms with van der Waals surface area (Å²) in [5, 5.41) is 2.25. The Hall–Kier alpha value is -1.34. The van der Waals surface area contributed by atoms with Crippen LogP contribution < -0.4 is 0 Å². The van der Waals surface area contributed by atoms with Crippen molar-refractivity contribution in [2.45, 2.75) is 6.18 Å². The summed E-state index contributed by atoms with van der Waals surface area (Å²) in [6.45, 7) is 0. The third-order valence-corrected chi connectivity index (χ3v) is 2.57. The number of aromatic amines is 1. The van der Waals surface area contributed by atoms with Gasteiger partial charge in [-0.25, -0.2) is 9.67 Å². The second-order valence-electron chi connectivity index (χ2n) is 3.19. The Bertz CT molecular complexity index is 602. The fourth-order valence-corrected chi connectivity index (χ4v) is 1.65. The Balaban J connectivity index is 2.55. The fraction of sp³-hybridized carbons (Fsp3) is 0.111. The molecule has 0 amide bonds. The van der Waals surface area contributed by atoms with Gasteiger partial charge in [0.25, 0.3) is 0 Å². The molecule has 0 unspecified atom stereocenters. The zero-order chi connectivity index (χ0) is 12.6. The van der Waals surface area contributed by atoms with E-state index in [-0.39, 0.29) is 15.5 Å². The Kier molecular flexibility index (Phi) is 2.96. The Morgan fingerprint density at radius 1 is 1.35 bits per heavy atom. The third-order valence-electron chi connectivity index (χ3n) is 2.04. The number of hydrogen-bond acceptors (Lipinski definition) is 2. The first-order chi connectivity index (χ1) is 7.88. The van der Waals surface area contributed by atoms with Crippen LogP contribution in [0.1, 0.15) is 5.56 Å². The van der Waals surface area contributed by atoms with Crippen molar-refractivity contribution in [3.05, 3.63) is 39.9 Å². The minimum atomic E-state index is -4.50. The predicted molar refractivity (Wildman–Crippen MR) is 58.8 cm³/mol. The quantitative estimate of drug-likeness (QED) is 0.809. The molecule has 0 bridgehead atoms. The molecule has 2 aromatic rings. The highest BCUT2D eigenvalue weighted by atomic mass is 35.5. The van der Waals surface area contributed by atoms with Crippen LogP contribution in [-0.4, -0.2) is 14.8 Å². The van der Waals surface area contributed by atoms with Crippen LogP contribution >= 0.6 is 23.8 Å². The van der Waals surface area contributed by atoms with Crippen LogP contribution in [0.5, 0.6) is 0 Å². The van der Waals surface area contributed by atoms with Crippen molar-refractivity contribution < 1.29 is 13.2 Å². The van der Waals surface area contributed by atoms with Gasteiger partial charge in [-0.15, -0.1) is 0 Å². The maximum atomic E-state index is 12.6. The number of aromatic nitrogens is 3. The van der Waals surface area contributed by atoms with Gasteiger partial charge in [-0.05, 0) is 30.4 Å². The van der Waals surface area contributed by atoms with Crippen molar-refractivity contribution in [3.8, 4) is 5.69 Å². The lowest BCUT2D eigenvalue weighted by Crippen LogP contribution is -2.07. The van der Waals surface area contributed by atoms with Crippen LogP contribution in [0.2, 0.25) is 5.02 Å².